The Hall–Kier alpha value is -3.99. The Morgan fingerprint density at radius 3 is 2.46 bits per heavy atom. The van der Waals surface area contributed by atoms with Gasteiger partial charge in [-0.3, -0.25) is 20.4 Å². The summed E-state index contributed by atoms with van der Waals surface area (Å²) in [4.78, 5) is 38.5. The summed E-state index contributed by atoms with van der Waals surface area (Å²) in [5.74, 6) is -0.584. The molecule has 0 aliphatic carbocycles. The summed E-state index contributed by atoms with van der Waals surface area (Å²) in [5.41, 5.74) is 0.580. The molecular formula is C17H18N8O3. The molecule has 2 aromatic heterocycles. The number of H-pyrrole nitrogens is 1. The van der Waals surface area contributed by atoms with Crippen molar-refractivity contribution in [2.45, 2.75) is 32.1 Å². The molecule has 0 aliphatic rings. The lowest BCUT2D eigenvalue weighted by Crippen LogP contribution is -2.23. The van der Waals surface area contributed by atoms with Gasteiger partial charge in [-0.05, 0) is 31.2 Å². The number of nitrogens with one attached hydrogen (secondary N) is 3. The number of ether oxygens (including phenoxy) is 1. The summed E-state index contributed by atoms with van der Waals surface area (Å²) < 4.78 is 4.67. The first-order valence-corrected chi connectivity index (χ1v) is 8.41. The zero-order chi connectivity index (χ0) is 20.4. The van der Waals surface area contributed by atoms with Gasteiger partial charge in [0.05, 0.1) is 12.7 Å². The van der Waals surface area contributed by atoms with Gasteiger partial charge in [0.1, 0.15) is 0 Å². The number of anilines is 2. The Kier molecular flexibility index (Phi) is 7.43. The van der Waals surface area contributed by atoms with E-state index in [4.69, 9.17) is 10.5 Å². The van der Waals surface area contributed by atoms with Crippen LogP contribution in [0.2, 0.25) is 0 Å². The van der Waals surface area contributed by atoms with Crippen LogP contribution in [0.25, 0.3) is 0 Å². The summed E-state index contributed by atoms with van der Waals surface area (Å²) in [7, 11) is 1.20. The van der Waals surface area contributed by atoms with Gasteiger partial charge in [0.2, 0.25) is 11.9 Å². The summed E-state index contributed by atoms with van der Waals surface area (Å²) in [5, 5.41) is 21.7. The van der Waals surface area contributed by atoms with Gasteiger partial charge in [-0.2, -0.15) is 10.5 Å². The van der Waals surface area contributed by atoms with Gasteiger partial charge >= 0.3 is 5.97 Å². The van der Waals surface area contributed by atoms with Crippen molar-refractivity contribution in [3.63, 3.8) is 0 Å². The minimum Gasteiger partial charge on any atom is -0.464 e. The number of hydrogen-bond donors (Lipinski definition) is 3. The maximum absolute atomic E-state index is 12.2. The molecule has 28 heavy (non-hydrogen) atoms. The van der Waals surface area contributed by atoms with Gasteiger partial charge in [-0.1, -0.05) is 6.42 Å². The van der Waals surface area contributed by atoms with E-state index in [0.717, 1.165) is 24.8 Å². The molecule has 2 aromatic rings. The van der Waals surface area contributed by atoms with Crippen LogP contribution in [-0.2, 0) is 17.6 Å². The van der Waals surface area contributed by atoms with Crippen molar-refractivity contribution < 1.29 is 9.53 Å². The van der Waals surface area contributed by atoms with Crippen LogP contribution in [0.15, 0.2) is 17.2 Å². The Balaban J connectivity index is 1.93. The first-order valence-electron chi connectivity index (χ1n) is 8.41. The van der Waals surface area contributed by atoms with Crippen molar-refractivity contribution in [1.29, 1.82) is 10.5 Å². The molecule has 0 fully saturated rings. The Morgan fingerprint density at radius 2 is 1.82 bits per heavy atom. The number of aryl methyl sites for hydroxylation is 1. The topological polar surface area (TPSA) is 169 Å². The van der Waals surface area contributed by atoms with Crippen molar-refractivity contribution in [2.24, 2.45) is 0 Å². The highest BCUT2D eigenvalue weighted by Crippen LogP contribution is 2.12. The highest BCUT2D eigenvalue weighted by Gasteiger charge is 2.18. The number of unbranched alkanes of at least 4 members (excludes halogenated alkanes) is 2. The van der Waals surface area contributed by atoms with Crippen molar-refractivity contribution in [2.75, 3.05) is 17.7 Å². The second kappa shape index (κ2) is 10.2. The normalized spacial score (nSPS) is 9.82. The summed E-state index contributed by atoms with van der Waals surface area (Å²) in [6, 6.07) is 0. The lowest BCUT2D eigenvalue weighted by Gasteiger charge is -2.08. The number of nitrogens with zero attached hydrogens (tertiary/aromatic N) is 5. The fourth-order valence-electron chi connectivity index (χ4n) is 2.51. The van der Waals surface area contributed by atoms with E-state index < -0.39 is 11.5 Å². The molecule has 0 radical (unpaired) electrons. The van der Waals surface area contributed by atoms with E-state index in [1.165, 1.54) is 7.11 Å². The van der Waals surface area contributed by atoms with Crippen LogP contribution in [0.3, 0.4) is 0 Å². The van der Waals surface area contributed by atoms with Crippen LogP contribution in [0.4, 0.5) is 11.9 Å². The minimum atomic E-state index is -0.731. The average molecular weight is 382 g/mol. The van der Waals surface area contributed by atoms with E-state index in [2.05, 4.69) is 35.3 Å². The smallest absolute Gasteiger partial charge is 0.357 e. The number of nitriles is 2. The fraction of sp³-hybridized carbons (Fsp3) is 0.353. The van der Waals surface area contributed by atoms with Gasteiger partial charge < -0.3 is 4.74 Å². The molecule has 2 rings (SSSR count). The predicted molar refractivity (Wildman–Crippen MR) is 98.0 cm³/mol. The molecule has 11 nitrogen and oxygen atoms in total. The first-order chi connectivity index (χ1) is 13.6. The lowest BCUT2D eigenvalue weighted by molar-refractivity contribution is 0.0592. The SMILES string of the molecule is COC(=O)c1nc(NC#N)[nH]c(=O)c1CCCCCc1cnc(NC#N)nc1. The maximum atomic E-state index is 12.2. The zero-order valence-electron chi connectivity index (χ0n) is 15.2. The molecule has 11 heteroatoms. The summed E-state index contributed by atoms with van der Waals surface area (Å²) in [6.45, 7) is 0. The molecule has 0 unspecified atom stereocenters. The third kappa shape index (κ3) is 5.51. The molecule has 0 bridgehead atoms. The van der Waals surface area contributed by atoms with Crippen molar-refractivity contribution in [3.05, 3.63) is 39.6 Å². The molecule has 0 atom stereocenters. The van der Waals surface area contributed by atoms with Gasteiger partial charge in [-0.25, -0.2) is 19.7 Å². The molecule has 0 spiro atoms. The van der Waals surface area contributed by atoms with Crippen LogP contribution in [-0.4, -0.2) is 33.0 Å². The van der Waals surface area contributed by atoms with Gasteiger partial charge in [-0.15, -0.1) is 0 Å². The molecule has 0 saturated carbocycles. The molecule has 2 heterocycles. The number of hydrogen-bond acceptors (Lipinski definition) is 10. The maximum Gasteiger partial charge on any atom is 0.357 e. The van der Waals surface area contributed by atoms with Crippen molar-refractivity contribution in [3.8, 4) is 12.4 Å². The number of methoxy groups -OCH3 is 1. The largest absolute Gasteiger partial charge is 0.464 e. The molecule has 0 amide bonds. The number of esters is 1. The van der Waals surface area contributed by atoms with E-state index >= 15 is 0 Å². The molecule has 0 aliphatic heterocycles. The number of rotatable bonds is 9. The van der Waals surface area contributed by atoms with E-state index in [0.29, 0.717) is 12.8 Å². The molecule has 3 N–H and O–H groups in total. The first kappa shape index (κ1) is 20.3. The van der Waals surface area contributed by atoms with E-state index in [9.17, 15) is 9.59 Å². The van der Waals surface area contributed by atoms with Gasteiger partial charge in [0.25, 0.3) is 5.56 Å². The van der Waals surface area contributed by atoms with Crippen molar-refractivity contribution >= 4 is 17.9 Å². The zero-order valence-corrected chi connectivity index (χ0v) is 15.2. The van der Waals surface area contributed by atoms with Crippen LogP contribution in [0.1, 0.15) is 40.9 Å². The number of carbonyl (C=O) groups is 1. The monoisotopic (exact) mass is 382 g/mol. The quantitative estimate of drug-likeness (QED) is 0.247. The average Bonchev–Trinajstić information content (AvgIpc) is 2.70. The van der Waals surface area contributed by atoms with Crippen LogP contribution in [0.5, 0.6) is 0 Å². The lowest BCUT2D eigenvalue weighted by atomic mass is 10.0. The van der Waals surface area contributed by atoms with Crippen LogP contribution < -0.4 is 16.2 Å². The van der Waals surface area contributed by atoms with Crippen molar-refractivity contribution in [1.82, 2.24) is 19.9 Å². The molecule has 144 valence electrons. The molecule has 0 saturated heterocycles. The van der Waals surface area contributed by atoms with Crippen LogP contribution >= 0.6 is 0 Å². The summed E-state index contributed by atoms with van der Waals surface area (Å²) >= 11 is 0. The number of aromatic nitrogens is 4. The van der Waals surface area contributed by atoms with Gasteiger partial charge in [0.15, 0.2) is 18.1 Å². The van der Waals surface area contributed by atoms with E-state index in [1.54, 1.807) is 24.8 Å². The van der Waals surface area contributed by atoms with E-state index in [1.807, 2.05) is 0 Å². The Labute approximate surface area is 160 Å². The highest BCUT2D eigenvalue weighted by atomic mass is 16.5. The fourth-order valence-corrected chi connectivity index (χ4v) is 2.51. The molecule has 0 aromatic carbocycles. The second-order valence-electron chi connectivity index (χ2n) is 5.68. The predicted octanol–water partition coefficient (Wildman–Crippen LogP) is 1.09. The second-order valence-corrected chi connectivity index (χ2v) is 5.68. The number of aromatic amines is 1. The van der Waals surface area contributed by atoms with Gasteiger partial charge in [0, 0.05) is 12.4 Å². The standard InChI is InChI=1S/C17H18N8O3/c1-28-15(27)13-12(14(26)25-17(24-13)23-10-19)6-4-2-3-5-11-7-20-16(21-8-11)22-9-18/h7-8H,2-6H2,1H3,(H,20,21,22)(H2,23,24,25,26). The van der Waals surface area contributed by atoms with E-state index in [-0.39, 0.29) is 23.2 Å². The minimum absolute atomic E-state index is 0.0991. The highest BCUT2D eigenvalue weighted by molar-refractivity contribution is 5.89. The Bertz CT molecular complexity index is 956. The third-order valence-corrected chi connectivity index (χ3v) is 3.83. The third-order valence-electron chi connectivity index (χ3n) is 3.83. The van der Waals surface area contributed by atoms with Crippen LogP contribution in [0, 0.1) is 22.9 Å². The molecular weight excluding hydrogens is 364 g/mol. The number of carbonyl (C=O) groups excluding carboxylic acids is 1. The summed E-state index contributed by atoms with van der Waals surface area (Å²) in [6.07, 6.45) is 10.1. The Morgan fingerprint density at radius 1 is 1.14 bits per heavy atom.